The Hall–Kier alpha value is -3.45. The number of alkyl halides is 1. The fourth-order valence-electron chi connectivity index (χ4n) is 4.29. The van der Waals surface area contributed by atoms with Crippen LogP contribution in [-0.4, -0.2) is 62.6 Å². The van der Waals surface area contributed by atoms with Gasteiger partial charge in [0.15, 0.2) is 5.65 Å². The number of hydrogen-bond acceptors (Lipinski definition) is 5. The first-order valence-corrected chi connectivity index (χ1v) is 11.6. The average molecular weight is 461 g/mol. The quantitative estimate of drug-likeness (QED) is 0.426. The second kappa shape index (κ2) is 9.19. The topological polar surface area (TPSA) is 67.2 Å². The number of rotatable bonds is 5. The summed E-state index contributed by atoms with van der Waals surface area (Å²) in [5.41, 5.74) is 3.80. The number of halogens is 1. The van der Waals surface area contributed by atoms with E-state index < -0.39 is 0 Å². The van der Waals surface area contributed by atoms with E-state index in [1.54, 1.807) is 0 Å². The molecule has 0 atom stereocenters. The van der Waals surface area contributed by atoms with Crippen LogP contribution in [0.3, 0.4) is 0 Å². The molecule has 0 aliphatic carbocycles. The van der Waals surface area contributed by atoms with Gasteiger partial charge in [-0.2, -0.15) is 5.10 Å². The lowest BCUT2D eigenvalue weighted by atomic mass is 10.1. The molecule has 33 heavy (non-hydrogen) atoms. The minimum Gasteiger partial charge on any atom is -0.352 e. The Bertz CT molecular complexity index is 1270. The number of carbonyl (C=O) groups is 1. The number of fused-ring (bicyclic) bond motifs is 1. The van der Waals surface area contributed by atoms with Crippen molar-refractivity contribution in [2.45, 2.75) is 13.3 Å². The van der Waals surface area contributed by atoms with Crippen molar-refractivity contribution in [2.24, 2.45) is 0 Å². The number of nitrogens with zero attached hydrogens (tertiary/aromatic N) is 6. The number of hydrogen-bond donors (Lipinski definition) is 0. The van der Waals surface area contributed by atoms with Crippen molar-refractivity contribution < 1.29 is 4.79 Å². The molecule has 1 aliphatic heterocycles. The van der Waals surface area contributed by atoms with Crippen molar-refractivity contribution in [3.8, 4) is 5.69 Å². The fourth-order valence-corrected chi connectivity index (χ4v) is 4.46. The first kappa shape index (κ1) is 21.4. The number of aromatic nitrogens is 4. The third-order valence-electron chi connectivity index (χ3n) is 5.98. The highest BCUT2D eigenvalue weighted by Crippen LogP contribution is 2.30. The number of piperazine rings is 1. The average Bonchev–Trinajstić information content (AvgIpc) is 3.20. The molecule has 0 unspecified atom stereocenters. The largest absolute Gasteiger partial charge is 0.352 e. The molecule has 4 aromatic rings. The van der Waals surface area contributed by atoms with Gasteiger partial charge in [-0.05, 0) is 24.6 Å². The molecule has 1 aliphatic rings. The molecule has 1 amide bonds. The molecule has 0 spiro atoms. The second-order valence-electron chi connectivity index (χ2n) is 8.16. The summed E-state index contributed by atoms with van der Waals surface area (Å²) in [4.78, 5) is 26.0. The van der Waals surface area contributed by atoms with Crippen molar-refractivity contribution in [1.29, 1.82) is 0 Å². The zero-order chi connectivity index (χ0) is 22.8. The maximum Gasteiger partial charge on any atom is 0.237 e. The number of carbonyl (C=O) groups excluding carboxylic acids is 1. The molecule has 7 nitrogen and oxygen atoms in total. The summed E-state index contributed by atoms with van der Waals surface area (Å²) in [6.45, 7) is 4.62. The third kappa shape index (κ3) is 4.28. The highest BCUT2D eigenvalue weighted by Gasteiger charge is 2.26. The van der Waals surface area contributed by atoms with Crippen molar-refractivity contribution in [2.75, 3.05) is 37.0 Å². The van der Waals surface area contributed by atoms with Gasteiger partial charge in [0.25, 0.3) is 0 Å². The Balaban J connectivity index is 1.59. The van der Waals surface area contributed by atoms with Crippen LogP contribution in [0, 0.1) is 6.92 Å². The zero-order valence-corrected chi connectivity index (χ0v) is 19.2. The van der Waals surface area contributed by atoms with E-state index in [4.69, 9.17) is 26.7 Å². The van der Waals surface area contributed by atoms with Crippen LogP contribution >= 0.6 is 11.6 Å². The lowest BCUT2D eigenvalue weighted by molar-refractivity contribution is -0.128. The molecule has 8 heteroatoms. The van der Waals surface area contributed by atoms with E-state index in [1.165, 1.54) is 0 Å². The third-order valence-corrected chi connectivity index (χ3v) is 6.21. The van der Waals surface area contributed by atoms with E-state index in [1.807, 2.05) is 65.0 Å². The summed E-state index contributed by atoms with van der Waals surface area (Å²) in [5, 5.41) is 5.78. The molecular formula is C25H25ClN6O. The molecule has 1 saturated heterocycles. The standard InChI is InChI=1S/C25H25ClN6O/c1-18-23-24(31-14-12-30(13-15-31)22(33)17-26)27-21(16-19-8-4-2-5-9-19)28-25(23)32(29-18)20-10-6-3-7-11-20/h2-11H,12-17H2,1H3. The molecule has 1 fully saturated rings. The maximum absolute atomic E-state index is 12.0. The van der Waals surface area contributed by atoms with E-state index in [0.29, 0.717) is 32.6 Å². The lowest BCUT2D eigenvalue weighted by Crippen LogP contribution is -2.49. The van der Waals surface area contributed by atoms with Gasteiger partial charge in [0.2, 0.25) is 5.91 Å². The minimum absolute atomic E-state index is 0.0158. The van der Waals surface area contributed by atoms with Gasteiger partial charge < -0.3 is 9.80 Å². The van der Waals surface area contributed by atoms with Crippen LogP contribution in [0.25, 0.3) is 16.7 Å². The predicted octanol–water partition coefficient (Wildman–Crippen LogP) is 3.60. The molecule has 0 radical (unpaired) electrons. The van der Waals surface area contributed by atoms with Gasteiger partial charge in [0.1, 0.15) is 17.5 Å². The van der Waals surface area contributed by atoms with Gasteiger partial charge in [-0.3, -0.25) is 4.79 Å². The predicted molar refractivity (Wildman–Crippen MR) is 130 cm³/mol. The summed E-state index contributed by atoms with van der Waals surface area (Å²) in [6, 6.07) is 20.3. The molecule has 0 saturated carbocycles. The molecule has 168 valence electrons. The summed E-state index contributed by atoms with van der Waals surface area (Å²) < 4.78 is 1.90. The number of benzene rings is 2. The van der Waals surface area contributed by atoms with Crippen LogP contribution in [-0.2, 0) is 11.2 Å². The Labute approximate surface area is 197 Å². The van der Waals surface area contributed by atoms with Crippen LogP contribution in [0.15, 0.2) is 60.7 Å². The van der Waals surface area contributed by atoms with E-state index in [2.05, 4.69) is 17.0 Å². The van der Waals surface area contributed by atoms with Crippen LogP contribution in [0.4, 0.5) is 5.82 Å². The van der Waals surface area contributed by atoms with Gasteiger partial charge in [0.05, 0.1) is 16.8 Å². The summed E-state index contributed by atoms with van der Waals surface area (Å²) in [5.74, 6) is 1.62. The van der Waals surface area contributed by atoms with Crippen LogP contribution in [0.1, 0.15) is 17.1 Å². The zero-order valence-electron chi connectivity index (χ0n) is 18.5. The SMILES string of the molecule is Cc1nn(-c2ccccc2)c2nc(Cc3ccccc3)nc(N3CCN(C(=O)CCl)CC3)c12. The molecule has 0 N–H and O–H groups in total. The second-order valence-corrected chi connectivity index (χ2v) is 8.43. The van der Waals surface area contributed by atoms with Crippen LogP contribution < -0.4 is 4.90 Å². The highest BCUT2D eigenvalue weighted by molar-refractivity contribution is 6.27. The molecule has 5 rings (SSSR count). The smallest absolute Gasteiger partial charge is 0.237 e. The van der Waals surface area contributed by atoms with E-state index in [9.17, 15) is 4.79 Å². The Kier molecular flexibility index (Phi) is 5.96. The molecule has 0 bridgehead atoms. The summed E-state index contributed by atoms with van der Waals surface area (Å²) >= 11 is 5.76. The normalized spacial score (nSPS) is 14.1. The monoisotopic (exact) mass is 460 g/mol. The first-order valence-electron chi connectivity index (χ1n) is 11.1. The Morgan fingerprint density at radius 1 is 0.939 bits per heavy atom. The minimum atomic E-state index is -0.0259. The fraction of sp³-hybridized carbons (Fsp3) is 0.280. The van der Waals surface area contributed by atoms with E-state index >= 15 is 0 Å². The number of anilines is 1. The highest BCUT2D eigenvalue weighted by atomic mass is 35.5. The molecule has 2 aromatic carbocycles. The Morgan fingerprint density at radius 2 is 1.61 bits per heavy atom. The first-order chi connectivity index (χ1) is 16.1. The number of amides is 1. The van der Waals surface area contributed by atoms with Gasteiger partial charge in [0, 0.05) is 32.6 Å². The lowest BCUT2D eigenvalue weighted by Gasteiger charge is -2.35. The van der Waals surface area contributed by atoms with Gasteiger partial charge in [-0.15, -0.1) is 11.6 Å². The Morgan fingerprint density at radius 3 is 2.27 bits per heavy atom. The summed E-state index contributed by atoms with van der Waals surface area (Å²) in [7, 11) is 0. The summed E-state index contributed by atoms with van der Waals surface area (Å²) in [6.07, 6.45) is 0.632. The molecular weight excluding hydrogens is 436 g/mol. The van der Waals surface area contributed by atoms with E-state index in [-0.39, 0.29) is 11.8 Å². The number of aryl methyl sites for hydroxylation is 1. The van der Waals surface area contributed by atoms with Crippen molar-refractivity contribution in [1.82, 2.24) is 24.6 Å². The van der Waals surface area contributed by atoms with Crippen molar-refractivity contribution >= 4 is 34.4 Å². The molecule has 2 aromatic heterocycles. The van der Waals surface area contributed by atoms with Gasteiger partial charge in [-0.25, -0.2) is 14.6 Å². The maximum atomic E-state index is 12.0. The number of para-hydroxylation sites is 1. The molecule has 3 heterocycles. The van der Waals surface area contributed by atoms with Gasteiger partial charge in [-0.1, -0.05) is 48.5 Å². The van der Waals surface area contributed by atoms with Crippen molar-refractivity contribution in [3.05, 3.63) is 77.7 Å². The van der Waals surface area contributed by atoms with Crippen molar-refractivity contribution in [3.63, 3.8) is 0 Å². The van der Waals surface area contributed by atoms with E-state index in [0.717, 1.165) is 39.6 Å². The van der Waals surface area contributed by atoms with Crippen LogP contribution in [0.5, 0.6) is 0 Å². The van der Waals surface area contributed by atoms with Crippen LogP contribution in [0.2, 0.25) is 0 Å². The van der Waals surface area contributed by atoms with Gasteiger partial charge >= 0.3 is 0 Å².